The molecule has 8 nitrogen and oxygen atoms in total. The zero-order chi connectivity index (χ0) is 18.4. The number of esters is 1. The van der Waals surface area contributed by atoms with Gasteiger partial charge in [-0.3, -0.25) is 14.9 Å². The summed E-state index contributed by atoms with van der Waals surface area (Å²) in [4.78, 5) is 35.5. The molecule has 1 aromatic carbocycles. The summed E-state index contributed by atoms with van der Waals surface area (Å²) < 4.78 is 10.3. The number of nitro benzene ring substituents is 1. The fourth-order valence-electron chi connectivity index (χ4n) is 2.19. The van der Waals surface area contributed by atoms with Crippen molar-refractivity contribution in [1.82, 2.24) is 4.90 Å². The molecule has 1 amide bonds. The maximum atomic E-state index is 11.9. The largest absolute Gasteiger partial charge is 0.485 e. The number of hydrogen-bond acceptors (Lipinski definition) is 7. The van der Waals surface area contributed by atoms with Crippen LogP contribution < -0.4 is 4.74 Å². The molecule has 0 saturated carbocycles. The molecule has 134 valence electrons. The second kappa shape index (κ2) is 8.52. The summed E-state index contributed by atoms with van der Waals surface area (Å²) in [6.07, 6.45) is 1.27. The molecule has 2 rings (SSSR count). The molecule has 9 heteroatoms. The highest BCUT2D eigenvalue weighted by molar-refractivity contribution is 8.04. The Morgan fingerprint density at radius 3 is 2.92 bits per heavy atom. The number of benzene rings is 1. The second-order valence-corrected chi connectivity index (χ2v) is 6.14. The fraction of sp³-hybridized carbons (Fsp3) is 0.375. The number of rotatable bonds is 7. The summed E-state index contributed by atoms with van der Waals surface area (Å²) in [5.41, 5.74) is 0.634. The molecule has 1 saturated heterocycles. The molecule has 0 aromatic heterocycles. The lowest BCUT2D eigenvalue weighted by atomic mass is 10.2. The van der Waals surface area contributed by atoms with E-state index in [1.807, 2.05) is 0 Å². The number of nitro groups is 1. The van der Waals surface area contributed by atoms with Crippen molar-refractivity contribution in [3.8, 4) is 5.75 Å². The Labute approximate surface area is 148 Å². The van der Waals surface area contributed by atoms with Gasteiger partial charge in [0.1, 0.15) is 6.61 Å². The first-order valence-corrected chi connectivity index (χ1v) is 8.60. The molecule has 0 unspecified atom stereocenters. The van der Waals surface area contributed by atoms with E-state index in [-0.39, 0.29) is 42.9 Å². The van der Waals surface area contributed by atoms with Gasteiger partial charge in [-0.15, -0.1) is 0 Å². The highest BCUT2D eigenvalue weighted by atomic mass is 32.2. The van der Waals surface area contributed by atoms with Crippen molar-refractivity contribution in [2.24, 2.45) is 0 Å². The lowest BCUT2D eigenvalue weighted by Gasteiger charge is -2.17. The van der Waals surface area contributed by atoms with E-state index in [0.717, 1.165) is 5.56 Å². The molecule has 0 atom stereocenters. The normalized spacial score (nSPS) is 15.5. The monoisotopic (exact) mass is 366 g/mol. The first kappa shape index (κ1) is 18.8. The maximum Gasteiger partial charge on any atom is 0.333 e. The number of carbonyl (C=O) groups excluding carboxylic acids is 2. The average molecular weight is 366 g/mol. The third-order valence-electron chi connectivity index (χ3n) is 3.32. The van der Waals surface area contributed by atoms with Crippen LogP contribution in [0.4, 0.5) is 5.69 Å². The van der Waals surface area contributed by atoms with Crippen molar-refractivity contribution >= 4 is 29.3 Å². The van der Waals surface area contributed by atoms with Crippen molar-refractivity contribution in [3.63, 3.8) is 0 Å². The van der Waals surface area contributed by atoms with Gasteiger partial charge in [0.2, 0.25) is 5.91 Å². The van der Waals surface area contributed by atoms with E-state index in [1.165, 1.54) is 34.9 Å². The summed E-state index contributed by atoms with van der Waals surface area (Å²) in [5.74, 6) is -0.288. The topological polar surface area (TPSA) is 99.0 Å². The van der Waals surface area contributed by atoms with Crippen LogP contribution in [0, 0.1) is 17.0 Å². The molecule has 0 bridgehead atoms. The minimum absolute atomic E-state index is 0.0658. The van der Waals surface area contributed by atoms with Crippen molar-refractivity contribution < 1.29 is 24.0 Å². The van der Waals surface area contributed by atoms with Crippen LogP contribution >= 0.6 is 11.8 Å². The molecular formula is C16H18N2O6S. The second-order valence-electron chi connectivity index (χ2n) is 5.15. The number of thioether (sulfide) groups is 1. The van der Waals surface area contributed by atoms with Gasteiger partial charge in [-0.1, -0.05) is 17.8 Å². The standard InChI is InChI=1S/C16H18N2O6S/c1-3-23-16(20)9-15-17(14(19)10-25-15)6-7-24-13-5-4-11(2)8-12(13)18(21)22/h4-5,8-9H,3,6-7,10H2,1-2H3/b15-9-. The minimum Gasteiger partial charge on any atom is -0.485 e. The Balaban J connectivity index is 2.01. The Morgan fingerprint density at radius 2 is 2.24 bits per heavy atom. The zero-order valence-electron chi connectivity index (χ0n) is 13.9. The van der Waals surface area contributed by atoms with Crippen LogP contribution in [0.25, 0.3) is 0 Å². The molecular weight excluding hydrogens is 348 g/mol. The van der Waals surface area contributed by atoms with E-state index >= 15 is 0 Å². The van der Waals surface area contributed by atoms with E-state index in [0.29, 0.717) is 5.03 Å². The quantitative estimate of drug-likeness (QED) is 0.316. The van der Waals surface area contributed by atoms with Crippen LogP contribution in [0.15, 0.2) is 29.3 Å². The van der Waals surface area contributed by atoms with Crippen LogP contribution in [0.5, 0.6) is 5.75 Å². The number of ether oxygens (including phenoxy) is 2. The highest BCUT2D eigenvalue weighted by Gasteiger charge is 2.27. The fourth-order valence-corrected chi connectivity index (χ4v) is 3.15. The Bertz CT molecular complexity index is 719. The van der Waals surface area contributed by atoms with Gasteiger partial charge in [0.15, 0.2) is 5.75 Å². The predicted molar refractivity (Wildman–Crippen MR) is 92.2 cm³/mol. The van der Waals surface area contributed by atoms with Gasteiger partial charge >= 0.3 is 11.7 Å². The lowest BCUT2D eigenvalue weighted by molar-refractivity contribution is -0.385. The third-order valence-corrected chi connectivity index (χ3v) is 4.35. The van der Waals surface area contributed by atoms with Crippen LogP contribution in [-0.4, -0.2) is 47.2 Å². The summed E-state index contributed by atoms with van der Waals surface area (Å²) in [6, 6.07) is 4.67. The van der Waals surface area contributed by atoms with Gasteiger partial charge in [0, 0.05) is 6.07 Å². The SMILES string of the molecule is CCOC(=O)/C=C1\SCC(=O)N1CCOc1ccc(C)cc1[N+](=O)[O-]. The van der Waals surface area contributed by atoms with Gasteiger partial charge < -0.3 is 14.4 Å². The first-order chi connectivity index (χ1) is 11.9. The number of aryl methyl sites for hydroxylation is 1. The number of amides is 1. The third kappa shape index (κ3) is 4.96. The molecule has 1 aliphatic heterocycles. The van der Waals surface area contributed by atoms with Gasteiger partial charge in [0.25, 0.3) is 0 Å². The van der Waals surface area contributed by atoms with Crippen molar-refractivity contribution in [3.05, 3.63) is 45.0 Å². The Morgan fingerprint density at radius 1 is 1.48 bits per heavy atom. The molecule has 0 radical (unpaired) electrons. The molecule has 0 aliphatic carbocycles. The molecule has 1 fully saturated rings. The van der Waals surface area contributed by atoms with E-state index in [1.54, 1.807) is 19.9 Å². The molecule has 1 heterocycles. The van der Waals surface area contributed by atoms with Crippen LogP contribution in [-0.2, 0) is 14.3 Å². The number of nitrogens with zero attached hydrogens (tertiary/aromatic N) is 2. The summed E-state index contributed by atoms with van der Waals surface area (Å²) >= 11 is 1.24. The molecule has 1 aliphatic rings. The molecule has 0 spiro atoms. The van der Waals surface area contributed by atoms with E-state index in [4.69, 9.17) is 9.47 Å². The van der Waals surface area contributed by atoms with E-state index in [2.05, 4.69) is 0 Å². The van der Waals surface area contributed by atoms with Crippen molar-refractivity contribution in [1.29, 1.82) is 0 Å². The average Bonchev–Trinajstić information content (AvgIpc) is 2.89. The minimum atomic E-state index is -0.514. The highest BCUT2D eigenvalue weighted by Crippen LogP contribution is 2.30. The molecule has 0 N–H and O–H groups in total. The van der Waals surface area contributed by atoms with Crippen LogP contribution in [0.1, 0.15) is 12.5 Å². The lowest BCUT2D eigenvalue weighted by Crippen LogP contribution is -2.29. The van der Waals surface area contributed by atoms with E-state index in [9.17, 15) is 19.7 Å². The predicted octanol–water partition coefficient (Wildman–Crippen LogP) is 2.26. The van der Waals surface area contributed by atoms with Crippen LogP contribution in [0.2, 0.25) is 0 Å². The van der Waals surface area contributed by atoms with Gasteiger partial charge in [0.05, 0.1) is 34.9 Å². The maximum absolute atomic E-state index is 11.9. The smallest absolute Gasteiger partial charge is 0.333 e. The Kier molecular flexibility index (Phi) is 6.40. The number of hydrogen-bond donors (Lipinski definition) is 0. The summed E-state index contributed by atoms with van der Waals surface area (Å²) in [7, 11) is 0. The first-order valence-electron chi connectivity index (χ1n) is 7.61. The van der Waals surface area contributed by atoms with E-state index < -0.39 is 10.9 Å². The van der Waals surface area contributed by atoms with Gasteiger partial charge in [-0.25, -0.2) is 4.79 Å². The number of carbonyl (C=O) groups is 2. The molecule has 1 aromatic rings. The van der Waals surface area contributed by atoms with Crippen LogP contribution in [0.3, 0.4) is 0 Å². The molecule has 25 heavy (non-hydrogen) atoms. The van der Waals surface area contributed by atoms with Gasteiger partial charge in [-0.05, 0) is 25.5 Å². The van der Waals surface area contributed by atoms with Crippen molar-refractivity contribution in [2.45, 2.75) is 13.8 Å². The Hall–Kier alpha value is -2.55. The summed E-state index contributed by atoms with van der Waals surface area (Å²) in [5, 5.41) is 11.6. The van der Waals surface area contributed by atoms with Gasteiger partial charge in [-0.2, -0.15) is 0 Å². The zero-order valence-corrected chi connectivity index (χ0v) is 14.7. The van der Waals surface area contributed by atoms with Crippen molar-refractivity contribution in [2.75, 3.05) is 25.5 Å². The summed E-state index contributed by atoms with van der Waals surface area (Å²) in [6.45, 7) is 3.95.